The highest BCUT2D eigenvalue weighted by atomic mass is 35.5. The monoisotopic (exact) mass is 603 g/mol. The first-order valence-corrected chi connectivity index (χ1v) is 14.9. The number of benzene rings is 3. The molecule has 43 heavy (non-hydrogen) atoms. The Morgan fingerprint density at radius 2 is 1.72 bits per heavy atom. The first-order chi connectivity index (χ1) is 20.9. The van der Waals surface area contributed by atoms with Gasteiger partial charge in [-0.05, 0) is 54.7 Å². The van der Waals surface area contributed by atoms with Gasteiger partial charge in [0, 0.05) is 37.1 Å². The molecule has 1 heterocycles. The van der Waals surface area contributed by atoms with E-state index in [1.807, 2.05) is 72.8 Å². The maximum atomic E-state index is 13.5. The zero-order valence-corrected chi connectivity index (χ0v) is 25.1. The lowest BCUT2D eigenvalue weighted by atomic mass is 10.0. The largest absolute Gasteiger partial charge is 0.489 e. The SMILES string of the molecule is COC(=O)C1CCC(=O)N(CCc2ccccc2)CC=CCOc2cc(Cl)ccc2C(=O)NC(Cc2ccccc2)CN1. The van der Waals surface area contributed by atoms with Crippen LogP contribution in [0.4, 0.5) is 0 Å². The Kier molecular flexibility index (Phi) is 12.2. The Morgan fingerprint density at radius 1 is 1.00 bits per heavy atom. The van der Waals surface area contributed by atoms with Gasteiger partial charge in [0.05, 0.1) is 12.7 Å². The summed E-state index contributed by atoms with van der Waals surface area (Å²) in [7, 11) is 1.33. The number of rotatable bonds is 6. The van der Waals surface area contributed by atoms with Gasteiger partial charge in [0.15, 0.2) is 0 Å². The van der Waals surface area contributed by atoms with Crippen molar-refractivity contribution >= 4 is 29.4 Å². The smallest absolute Gasteiger partial charge is 0.322 e. The summed E-state index contributed by atoms with van der Waals surface area (Å²) < 4.78 is 11.0. The van der Waals surface area contributed by atoms with Crippen molar-refractivity contribution in [1.82, 2.24) is 15.5 Å². The first kappa shape index (κ1) is 31.8. The quantitative estimate of drug-likeness (QED) is 0.315. The van der Waals surface area contributed by atoms with Gasteiger partial charge >= 0.3 is 5.97 Å². The van der Waals surface area contributed by atoms with E-state index in [1.54, 1.807) is 23.1 Å². The maximum absolute atomic E-state index is 13.5. The van der Waals surface area contributed by atoms with E-state index in [0.29, 0.717) is 42.3 Å². The second-order valence-electron chi connectivity index (χ2n) is 10.4. The number of amides is 2. The van der Waals surface area contributed by atoms with E-state index in [4.69, 9.17) is 21.1 Å². The van der Waals surface area contributed by atoms with Crippen molar-refractivity contribution in [1.29, 1.82) is 0 Å². The van der Waals surface area contributed by atoms with Crippen LogP contribution in [-0.2, 0) is 27.2 Å². The predicted molar refractivity (Wildman–Crippen MR) is 167 cm³/mol. The number of halogens is 1. The number of nitrogens with one attached hydrogen (secondary N) is 2. The third-order valence-electron chi connectivity index (χ3n) is 7.29. The van der Waals surface area contributed by atoms with Crippen LogP contribution in [0.1, 0.15) is 34.3 Å². The molecule has 0 aliphatic carbocycles. The molecular formula is C34H38ClN3O5. The molecule has 2 N–H and O–H groups in total. The number of hydrogen-bond acceptors (Lipinski definition) is 6. The van der Waals surface area contributed by atoms with Crippen LogP contribution in [0.25, 0.3) is 0 Å². The Morgan fingerprint density at radius 3 is 2.44 bits per heavy atom. The zero-order valence-electron chi connectivity index (χ0n) is 24.3. The molecule has 0 aromatic heterocycles. The van der Waals surface area contributed by atoms with Crippen molar-refractivity contribution in [3.63, 3.8) is 0 Å². The van der Waals surface area contributed by atoms with Crippen LogP contribution in [0.15, 0.2) is 91.0 Å². The second kappa shape index (κ2) is 16.5. The average molecular weight is 604 g/mol. The molecule has 2 unspecified atom stereocenters. The van der Waals surface area contributed by atoms with Gasteiger partial charge in [-0.2, -0.15) is 0 Å². The van der Waals surface area contributed by atoms with Crippen molar-refractivity contribution < 1.29 is 23.9 Å². The number of hydrogen-bond donors (Lipinski definition) is 2. The molecule has 0 fully saturated rings. The third-order valence-corrected chi connectivity index (χ3v) is 7.52. The van der Waals surface area contributed by atoms with Gasteiger partial charge < -0.3 is 25.0 Å². The van der Waals surface area contributed by atoms with E-state index >= 15 is 0 Å². The fraction of sp³-hybridized carbons (Fsp3) is 0.324. The van der Waals surface area contributed by atoms with Crippen LogP contribution >= 0.6 is 11.6 Å². The molecule has 8 nitrogen and oxygen atoms in total. The standard InChI is InChI=1S/C34H38ClN3O5/c1-42-34(41)30-16-17-32(39)38(20-18-25-10-4-2-5-11-25)19-8-9-21-43-31-23-27(35)14-15-29(31)33(40)37-28(24-36-30)22-26-12-6-3-7-13-26/h2-15,23,28,30,36H,16-22,24H2,1H3,(H,37,40). The van der Waals surface area contributed by atoms with Crippen molar-refractivity contribution in [2.75, 3.05) is 33.4 Å². The molecule has 9 heteroatoms. The number of carbonyl (C=O) groups excluding carboxylic acids is 3. The summed E-state index contributed by atoms with van der Waals surface area (Å²) in [4.78, 5) is 41.4. The maximum Gasteiger partial charge on any atom is 0.322 e. The molecule has 0 radical (unpaired) electrons. The molecule has 3 aromatic carbocycles. The van der Waals surface area contributed by atoms with E-state index in [1.165, 1.54) is 7.11 Å². The fourth-order valence-electron chi connectivity index (χ4n) is 4.93. The first-order valence-electron chi connectivity index (χ1n) is 14.5. The molecular weight excluding hydrogens is 566 g/mol. The van der Waals surface area contributed by atoms with Crippen LogP contribution in [0.2, 0.25) is 5.02 Å². The van der Waals surface area contributed by atoms with Crippen LogP contribution < -0.4 is 15.4 Å². The lowest BCUT2D eigenvalue weighted by Gasteiger charge is -2.25. The Balaban J connectivity index is 1.59. The minimum atomic E-state index is -0.722. The minimum absolute atomic E-state index is 0.0622. The van der Waals surface area contributed by atoms with Crippen LogP contribution in [0.3, 0.4) is 0 Å². The van der Waals surface area contributed by atoms with Crippen molar-refractivity contribution in [3.05, 3.63) is 113 Å². The van der Waals surface area contributed by atoms with E-state index in [9.17, 15) is 14.4 Å². The third kappa shape index (κ3) is 9.98. The summed E-state index contributed by atoms with van der Waals surface area (Å²) in [5.74, 6) is -0.484. The lowest BCUT2D eigenvalue weighted by molar-refractivity contribution is -0.143. The summed E-state index contributed by atoms with van der Waals surface area (Å²) in [6.07, 6.45) is 5.33. The summed E-state index contributed by atoms with van der Waals surface area (Å²) in [6, 6.07) is 23.6. The average Bonchev–Trinajstić information content (AvgIpc) is 3.02. The molecule has 1 aliphatic heterocycles. The number of methoxy groups -OCH3 is 1. The number of nitrogens with zero attached hydrogens (tertiary/aromatic N) is 1. The Bertz CT molecular complexity index is 1380. The fourth-order valence-corrected chi connectivity index (χ4v) is 5.09. The van der Waals surface area contributed by atoms with Gasteiger partial charge in [-0.15, -0.1) is 0 Å². The predicted octanol–water partition coefficient (Wildman–Crippen LogP) is 4.61. The molecule has 226 valence electrons. The summed E-state index contributed by atoms with van der Waals surface area (Å²) in [5.41, 5.74) is 2.51. The molecule has 4 rings (SSSR count). The summed E-state index contributed by atoms with van der Waals surface area (Å²) in [6.45, 7) is 1.38. The van der Waals surface area contributed by atoms with Crippen molar-refractivity contribution in [3.8, 4) is 5.75 Å². The molecule has 2 amide bonds. The molecule has 0 saturated carbocycles. The minimum Gasteiger partial charge on any atom is -0.489 e. The number of carbonyl (C=O) groups is 3. The van der Waals surface area contributed by atoms with Crippen LogP contribution in [-0.4, -0.2) is 68.1 Å². The van der Waals surface area contributed by atoms with Crippen molar-refractivity contribution in [2.24, 2.45) is 0 Å². The topological polar surface area (TPSA) is 97.0 Å². The summed E-state index contributed by atoms with van der Waals surface area (Å²) in [5, 5.41) is 6.79. The molecule has 0 saturated heterocycles. The van der Waals surface area contributed by atoms with E-state index in [-0.39, 0.29) is 43.8 Å². The zero-order chi connectivity index (χ0) is 30.4. The molecule has 1 aliphatic rings. The van der Waals surface area contributed by atoms with Crippen LogP contribution in [0, 0.1) is 0 Å². The summed E-state index contributed by atoms with van der Waals surface area (Å²) >= 11 is 6.24. The normalized spacial score (nSPS) is 18.6. The van der Waals surface area contributed by atoms with E-state index in [0.717, 1.165) is 11.1 Å². The van der Waals surface area contributed by atoms with Gasteiger partial charge in [0.25, 0.3) is 5.91 Å². The molecule has 3 aromatic rings. The van der Waals surface area contributed by atoms with Gasteiger partial charge in [0.2, 0.25) is 5.91 Å². The number of esters is 1. The molecule has 0 spiro atoms. The van der Waals surface area contributed by atoms with E-state index < -0.39 is 12.0 Å². The second-order valence-corrected chi connectivity index (χ2v) is 10.8. The molecule has 2 atom stereocenters. The Hall–Kier alpha value is -4.14. The number of ether oxygens (including phenoxy) is 2. The highest BCUT2D eigenvalue weighted by Gasteiger charge is 2.25. The Labute approximate surface area is 258 Å². The van der Waals surface area contributed by atoms with Crippen LogP contribution in [0.5, 0.6) is 5.75 Å². The van der Waals surface area contributed by atoms with E-state index in [2.05, 4.69) is 10.6 Å². The molecule has 0 bridgehead atoms. The van der Waals surface area contributed by atoms with Gasteiger partial charge in [-0.1, -0.05) is 78.3 Å². The highest BCUT2D eigenvalue weighted by Crippen LogP contribution is 2.24. The van der Waals surface area contributed by atoms with Gasteiger partial charge in [0.1, 0.15) is 18.4 Å². The number of fused-ring (bicyclic) bond motifs is 1. The highest BCUT2D eigenvalue weighted by molar-refractivity contribution is 6.30. The van der Waals surface area contributed by atoms with Gasteiger partial charge in [-0.25, -0.2) is 0 Å². The lowest BCUT2D eigenvalue weighted by Crippen LogP contribution is -2.48. The van der Waals surface area contributed by atoms with Gasteiger partial charge in [-0.3, -0.25) is 14.4 Å². The van der Waals surface area contributed by atoms with Crippen molar-refractivity contribution in [2.45, 2.75) is 37.8 Å².